The molecule has 1 aromatic heterocycles. The van der Waals surface area contributed by atoms with Gasteiger partial charge in [-0.05, 0) is 41.1 Å². The zero-order chi connectivity index (χ0) is 19.6. The number of nitrogens with one attached hydrogen (secondary N) is 1. The standard InChI is InChI=1S/C25H19N3O/c29-17-28(25-26-22-12-6-7-13-23(22)27-25)24-15-14-19(16-18-8-2-1-3-9-18)20-10-4-5-11-21(20)24/h1-15,17H,16H2,(H,26,27). The van der Waals surface area contributed by atoms with Gasteiger partial charge in [0.15, 0.2) is 0 Å². The Bertz CT molecular complexity index is 1270. The van der Waals surface area contributed by atoms with E-state index in [1.54, 1.807) is 4.90 Å². The number of amides is 1. The van der Waals surface area contributed by atoms with Gasteiger partial charge in [-0.2, -0.15) is 0 Å². The quantitative estimate of drug-likeness (QED) is 0.405. The lowest BCUT2D eigenvalue weighted by atomic mass is 9.97. The summed E-state index contributed by atoms with van der Waals surface area (Å²) in [7, 11) is 0. The number of hydrogen-bond donors (Lipinski definition) is 1. The lowest BCUT2D eigenvalue weighted by Crippen LogP contribution is -2.16. The van der Waals surface area contributed by atoms with Crippen LogP contribution in [0.2, 0.25) is 0 Å². The number of H-pyrrole nitrogens is 1. The number of imidazole rings is 1. The fourth-order valence-electron chi connectivity index (χ4n) is 3.80. The van der Waals surface area contributed by atoms with E-state index in [1.165, 1.54) is 11.1 Å². The van der Waals surface area contributed by atoms with Crippen LogP contribution in [0.1, 0.15) is 11.1 Å². The number of benzene rings is 4. The Balaban J connectivity index is 1.62. The van der Waals surface area contributed by atoms with Gasteiger partial charge in [0.25, 0.3) is 0 Å². The molecule has 0 fully saturated rings. The molecule has 0 radical (unpaired) electrons. The number of aromatic nitrogens is 2. The summed E-state index contributed by atoms with van der Waals surface area (Å²) in [5, 5.41) is 2.16. The molecule has 5 rings (SSSR count). The molecule has 0 aliphatic rings. The first-order valence-corrected chi connectivity index (χ1v) is 9.57. The topological polar surface area (TPSA) is 49.0 Å². The van der Waals surface area contributed by atoms with Gasteiger partial charge < -0.3 is 4.98 Å². The highest BCUT2D eigenvalue weighted by atomic mass is 16.1. The van der Waals surface area contributed by atoms with Crippen LogP contribution < -0.4 is 4.90 Å². The van der Waals surface area contributed by atoms with E-state index in [0.29, 0.717) is 5.95 Å². The Morgan fingerprint density at radius 1 is 0.793 bits per heavy atom. The Kier molecular flexibility index (Phi) is 4.30. The minimum absolute atomic E-state index is 0.516. The van der Waals surface area contributed by atoms with Crippen LogP contribution in [-0.4, -0.2) is 16.4 Å². The molecule has 0 saturated carbocycles. The zero-order valence-corrected chi connectivity index (χ0v) is 15.7. The number of rotatable bonds is 5. The maximum Gasteiger partial charge on any atom is 0.221 e. The molecule has 1 amide bonds. The number of carbonyl (C=O) groups excluding carboxylic acids is 1. The predicted octanol–water partition coefficient (Wildman–Crippen LogP) is 5.60. The number of carbonyl (C=O) groups is 1. The third-order valence-corrected chi connectivity index (χ3v) is 5.20. The molecule has 4 heteroatoms. The van der Waals surface area contributed by atoms with Crippen molar-refractivity contribution < 1.29 is 4.79 Å². The van der Waals surface area contributed by atoms with Crippen molar-refractivity contribution in [3.63, 3.8) is 0 Å². The molecule has 0 bridgehead atoms. The number of nitrogens with zero attached hydrogens (tertiary/aromatic N) is 2. The molecule has 1 heterocycles. The number of para-hydroxylation sites is 2. The van der Waals surface area contributed by atoms with Gasteiger partial charge in [-0.1, -0.05) is 72.8 Å². The van der Waals surface area contributed by atoms with E-state index < -0.39 is 0 Å². The molecular weight excluding hydrogens is 358 g/mol. The summed E-state index contributed by atoms with van der Waals surface area (Å²) in [5.74, 6) is 0.516. The molecule has 0 atom stereocenters. The minimum Gasteiger partial charge on any atom is -0.323 e. The van der Waals surface area contributed by atoms with Gasteiger partial charge in [-0.3, -0.25) is 9.69 Å². The van der Waals surface area contributed by atoms with Gasteiger partial charge in [0.1, 0.15) is 0 Å². The molecule has 0 unspecified atom stereocenters. The van der Waals surface area contributed by atoms with Gasteiger partial charge in [0.2, 0.25) is 12.4 Å². The summed E-state index contributed by atoms with van der Waals surface area (Å²) in [4.78, 5) is 21.5. The van der Waals surface area contributed by atoms with Crippen LogP contribution in [-0.2, 0) is 11.2 Å². The fraction of sp³-hybridized carbons (Fsp3) is 0.0400. The molecule has 4 aromatic carbocycles. The van der Waals surface area contributed by atoms with E-state index in [4.69, 9.17) is 0 Å². The lowest BCUT2D eigenvalue weighted by Gasteiger charge is -2.18. The maximum atomic E-state index is 12.1. The first-order valence-electron chi connectivity index (χ1n) is 9.57. The van der Waals surface area contributed by atoms with Crippen molar-refractivity contribution in [1.82, 2.24) is 9.97 Å². The second-order valence-electron chi connectivity index (χ2n) is 7.00. The molecule has 0 aliphatic heterocycles. The minimum atomic E-state index is 0.516. The summed E-state index contributed by atoms with van der Waals surface area (Å²) in [6.45, 7) is 0. The summed E-state index contributed by atoms with van der Waals surface area (Å²) >= 11 is 0. The van der Waals surface area contributed by atoms with Crippen molar-refractivity contribution in [3.8, 4) is 0 Å². The van der Waals surface area contributed by atoms with E-state index >= 15 is 0 Å². The first kappa shape index (κ1) is 17.2. The monoisotopic (exact) mass is 377 g/mol. The van der Waals surface area contributed by atoms with Crippen LogP contribution in [0.3, 0.4) is 0 Å². The molecule has 140 valence electrons. The summed E-state index contributed by atoms with van der Waals surface area (Å²) in [6.07, 6.45) is 1.66. The summed E-state index contributed by atoms with van der Waals surface area (Å²) in [6, 6.07) is 30.5. The van der Waals surface area contributed by atoms with Crippen molar-refractivity contribution in [2.24, 2.45) is 0 Å². The lowest BCUT2D eigenvalue weighted by molar-refractivity contribution is -0.106. The van der Waals surface area contributed by atoms with Crippen molar-refractivity contribution in [3.05, 3.63) is 102 Å². The Morgan fingerprint density at radius 3 is 2.31 bits per heavy atom. The summed E-state index contributed by atoms with van der Waals surface area (Å²) in [5.41, 5.74) is 5.03. The second kappa shape index (κ2) is 7.24. The van der Waals surface area contributed by atoms with Gasteiger partial charge in [-0.25, -0.2) is 4.98 Å². The van der Waals surface area contributed by atoms with Crippen LogP contribution >= 0.6 is 0 Å². The fourth-order valence-corrected chi connectivity index (χ4v) is 3.80. The maximum absolute atomic E-state index is 12.1. The third kappa shape index (κ3) is 3.15. The number of fused-ring (bicyclic) bond motifs is 2. The van der Waals surface area contributed by atoms with E-state index in [-0.39, 0.29) is 0 Å². The average Bonchev–Trinajstić information content (AvgIpc) is 3.20. The SMILES string of the molecule is O=CN(c1nc2ccccc2[nH]1)c1ccc(Cc2ccccc2)c2ccccc12. The third-order valence-electron chi connectivity index (χ3n) is 5.20. The van der Waals surface area contributed by atoms with Crippen molar-refractivity contribution >= 4 is 39.9 Å². The molecule has 0 aliphatic carbocycles. The molecular formula is C25H19N3O. The van der Waals surface area contributed by atoms with Crippen LogP contribution in [0.4, 0.5) is 11.6 Å². The summed E-state index contributed by atoms with van der Waals surface area (Å²) < 4.78 is 0. The molecule has 5 aromatic rings. The number of hydrogen-bond acceptors (Lipinski definition) is 2. The highest BCUT2D eigenvalue weighted by molar-refractivity contribution is 6.03. The normalized spacial score (nSPS) is 11.0. The van der Waals surface area contributed by atoms with E-state index in [1.807, 2.05) is 48.5 Å². The van der Waals surface area contributed by atoms with Gasteiger partial charge >= 0.3 is 0 Å². The smallest absolute Gasteiger partial charge is 0.221 e. The zero-order valence-electron chi connectivity index (χ0n) is 15.7. The Hall–Kier alpha value is -3.92. The van der Waals surface area contributed by atoms with Crippen LogP contribution in [0, 0.1) is 0 Å². The second-order valence-corrected chi connectivity index (χ2v) is 7.00. The van der Waals surface area contributed by atoms with Gasteiger partial charge in [0.05, 0.1) is 16.7 Å². The molecule has 1 N–H and O–H groups in total. The van der Waals surface area contributed by atoms with Crippen LogP contribution in [0.5, 0.6) is 0 Å². The molecule has 0 spiro atoms. The van der Waals surface area contributed by atoms with E-state index in [2.05, 4.69) is 52.4 Å². The van der Waals surface area contributed by atoms with Crippen molar-refractivity contribution in [1.29, 1.82) is 0 Å². The van der Waals surface area contributed by atoms with Crippen molar-refractivity contribution in [2.45, 2.75) is 6.42 Å². The number of aromatic amines is 1. The largest absolute Gasteiger partial charge is 0.323 e. The van der Waals surface area contributed by atoms with E-state index in [9.17, 15) is 4.79 Å². The Morgan fingerprint density at radius 2 is 1.52 bits per heavy atom. The predicted molar refractivity (Wildman–Crippen MR) is 117 cm³/mol. The van der Waals surface area contributed by atoms with Gasteiger partial charge in [-0.15, -0.1) is 0 Å². The van der Waals surface area contributed by atoms with E-state index in [0.717, 1.165) is 40.3 Å². The molecule has 4 nitrogen and oxygen atoms in total. The molecule has 0 saturated heterocycles. The average molecular weight is 377 g/mol. The van der Waals surface area contributed by atoms with Gasteiger partial charge in [0, 0.05) is 5.39 Å². The van der Waals surface area contributed by atoms with Crippen LogP contribution in [0.15, 0.2) is 91.0 Å². The molecule has 29 heavy (non-hydrogen) atoms. The highest BCUT2D eigenvalue weighted by Gasteiger charge is 2.17. The van der Waals surface area contributed by atoms with Crippen LogP contribution in [0.25, 0.3) is 21.8 Å². The first-order chi connectivity index (χ1) is 14.3. The van der Waals surface area contributed by atoms with Crippen molar-refractivity contribution in [2.75, 3.05) is 4.90 Å². The highest BCUT2D eigenvalue weighted by Crippen LogP contribution is 2.33. The number of anilines is 2. The Labute approximate surface area is 168 Å².